The van der Waals surface area contributed by atoms with Gasteiger partial charge >= 0.3 is 5.97 Å². The van der Waals surface area contributed by atoms with Crippen molar-refractivity contribution in [1.82, 2.24) is 0 Å². The van der Waals surface area contributed by atoms with Crippen LogP contribution in [0.4, 0.5) is 0 Å². The third-order valence-electron chi connectivity index (χ3n) is 2.72. The summed E-state index contributed by atoms with van der Waals surface area (Å²) in [7, 11) is 0. The van der Waals surface area contributed by atoms with E-state index < -0.39 is 0 Å². The molecule has 0 fully saturated rings. The molecule has 0 aliphatic rings. The molecule has 0 aliphatic heterocycles. The Morgan fingerprint density at radius 3 is 2.53 bits per heavy atom. The average Bonchev–Trinajstić information content (AvgIpc) is 2.24. The summed E-state index contributed by atoms with van der Waals surface area (Å²) in [5.74, 6) is -0.151. The van der Waals surface area contributed by atoms with Crippen molar-refractivity contribution in [2.24, 2.45) is 11.1 Å². The van der Waals surface area contributed by atoms with Crippen molar-refractivity contribution in [2.45, 2.75) is 53.1 Å². The average molecular weight is 245 g/mol. The van der Waals surface area contributed by atoms with E-state index in [0.717, 1.165) is 12.8 Å². The minimum atomic E-state index is -0.167. The minimum absolute atomic E-state index is 0.108. The van der Waals surface area contributed by atoms with Gasteiger partial charge in [-0.15, -0.1) is 0 Å². The maximum atomic E-state index is 11.6. The van der Waals surface area contributed by atoms with Gasteiger partial charge in [-0.3, -0.25) is 4.79 Å². The van der Waals surface area contributed by atoms with Gasteiger partial charge in [0.25, 0.3) is 0 Å². The quantitative estimate of drug-likeness (QED) is 0.632. The van der Waals surface area contributed by atoms with E-state index in [-0.39, 0.29) is 17.5 Å². The van der Waals surface area contributed by atoms with Gasteiger partial charge in [-0.25, -0.2) is 0 Å². The van der Waals surface area contributed by atoms with Crippen molar-refractivity contribution >= 4 is 5.97 Å². The third-order valence-corrected chi connectivity index (χ3v) is 2.72. The van der Waals surface area contributed by atoms with Crippen LogP contribution in [0.2, 0.25) is 0 Å². The van der Waals surface area contributed by atoms with Crippen molar-refractivity contribution in [3.8, 4) is 0 Å². The number of nitrogens with two attached hydrogens (primary N) is 1. The maximum Gasteiger partial charge on any atom is 0.306 e. The second kappa shape index (κ2) is 8.48. The molecule has 4 heteroatoms. The van der Waals surface area contributed by atoms with E-state index in [1.165, 1.54) is 0 Å². The van der Waals surface area contributed by atoms with E-state index in [2.05, 4.69) is 13.8 Å². The predicted octanol–water partition coefficient (Wildman–Crippen LogP) is 2.11. The minimum Gasteiger partial charge on any atom is -0.460 e. The fourth-order valence-corrected chi connectivity index (χ4v) is 1.56. The molecule has 0 heterocycles. The summed E-state index contributed by atoms with van der Waals surface area (Å²) in [5.41, 5.74) is 5.63. The van der Waals surface area contributed by atoms with Crippen LogP contribution < -0.4 is 5.73 Å². The largest absolute Gasteiger partial charge is 0.460 e. The summed E-state index contributed by atoms with van der Waals surface area (Å²) in [5, 5.41) is 0. The molecular formula is C13H27NO3. The van der Waals surface area contributed by atoms with Crippen LogP contribution in [0.5, 0.6) is 0 Å². The first-order valence-corrected chi connectivity index (χ1v) is 6.38. The Bertz CT molecular complexity index is 217. The summed E-state index contributed by atoms with van der Waals surface area (Å²) < 4.78 is 10.4. The smallest absolute Gasteiger partial charge is 0.306 e. The molecule has 0 bridgehead atoms. The molecule has 0 aromatic carbocycles. The number of hydrogen-bond acceptors (Lipinski definition) is 4. The molecule has 0 rings (SSSR count). The topological polar surface area (TPSA) is 61.5 Å². The molecular weight excluding hydrogens is 218 g/mol. The Hall–Kier alpha value is -0.610. The molecule has 0 saturated carbocycles. The summed E-state index contributed by atoms with van der Waals surface area (Å²) >= 11 is 0. The normalized spacial score (nSPS) is 13.5. The molecule has 1 atom stereocenters. The first-order valence-electron chi connectivity index (χ1n) is 6.38. The number of ether oxygens (including phenoxy) is 2. The van der Waals surface area contributed by atoms with E-state index in [0.29, 0.717) is 26.2 Å². The monoisotopic (exact) mass is 245 g/mol. The summed E-state index contributed by atoms with van der Waals surface area (Å²) in [6, 6.07) is 0. The fraction of sp³-hybridized carbons (Fsp3) is 0.923. The molecule has 0 spiro atoms. The molecule has 0 aliphatic carbocycles. The zero-order chi connectivity index (χ0) is 13.3. The van der Waals surface area contributed by atoms with Crippen molar-refractivity contribution < 1.29 is 14.3 Å². The number of carbonyl (C=O) groups is 1. The van der Waals surface area contributed by atoms with Gasteiger partial charge < -0.3 is 15.2 Å². The lowest BCUT2D eigenvalue weighted by atomic mass is 9.84. The number of hydrogen-bond donors (Lipinski definition) is 1. The van der Waals surface area contributed by atoms with E-state index in [4.69, 9.17) is 15.2 Å². The van der Waals surface area contributed by atoms with E-state index >= 15 is 0 Å². The van der Waals surface area contributed by atoms with Gasteiger partial charge in [-0.2, -0.15) is 0 Å². The first-order chi connectivity index (χ1) is 7.91. The first kappa shape index (κ1) is 16.4. The molecule has 1 unspecified atom stereocenters. The van der Waals surface area contributed by atoms with Gasteiger partial charge in [0.2, 0.25) is 0 Å². The summed E-state index contributed by atoms with van der Waals surface area (Å²) in [6.07, 6.45) is 2.02. The number of esters is 1. The molecule has 0 aromatic heterocycles. The highest BCUT2D eigenvalue weighted by molar-refractivity contribution is 5.69. The van der Waals surface area contributed by atoms with E-state index in [9.17, 15) is 4.79 Å². The van der Waals surface area contributed by atoms with Crippen molar-refractivity contribution in [3.05, 3.63) is 0 Å². The van der Waals surface area contributed by atoms with Crippen LogP contribution in [0.1, 0.15) is 47.0 Å². The van der Waals surface area contributed by atoms with Gasteiger partial charge in [0, 0.05) is 13.0 Å². The second-order valence-electron chi connectivity index (χ2n) is 5.16. The molecule has 4 nitrogen and oxygen atoms in total. The Morgan fingerprint density at radius 2 is 2.00 bits per heavy atom. The van der Waals surface area contributed by atoms with Crippen LogP contribution in [-0.4, -0.2) is 31.8 Å². The number of rotatable bonds is 9. The highest BCUT2D eigenvalue weighted by Gasteiger charge is 2.19. The van der Waals surface area contributed by atoms with Crippen LogP contribution in [0.25, 0.3) is 0 Å². The molecule has 0 saturated heterocycles. The fourth-order valence-electron chi connectivity index (χ4n) is 1.56. The molecule has 2 N–H and O–H groups in total. The van der Waals surface area contributed by atoms with Gasteiger partial charge in [0.1, 0.15) is 6.10 Å². The molecule has 0 amide bonds. The predicted molar refractivity (Wildman–Crippen MR) is 68.7 cm³/mol. The third kappa shape index (κ3) is 9.12. The van der Waals surface area contributed by atoms with E-state index in [1.54, 1.807) is 0 Å². The lowest BCUT2D eigenvalue weighted by Gasteiger charge is -2.23. The number of carbonyl (C=O) groups excluding carboxylic acids is 1. The lowest BCUT2D eigenvalue weighted by molar-refractivity contribution is -0.151. The van der Waals surface area contributed by atoms with Gasteiger partial charge in [-0.1, -0.05) is 13.8 Å². The Balaban J connectivity index is 3.79. The molecule has 102 valence electrons. The zero-order valence-corrected chi connectivity index (χ0v) is 11.6. The van der Waals surface area contributed by atoms with Crippen molar-refractivity contribution in [2.75, 3.05) is 19.8 Å². The molecule has 0 radical (unpaired) electrons. The van der Waals surface area contributed by atoms with Gasteiger partial charge in [-0.05, 0) is 38.6 Å². The second-order valence-corrected chi connectivity index (χ2v) is 5.16. The molecule has 0 aromatic rings. The Labute approximate surface area is 105 Å². The van der Waals surface area contributed by atoms with Crippen molar-refractivity contribution in [3.63, 3.8) is 0 Å². The van der Waals surface area contributed by atoms with Crippen LogP contribution in [-0.2, 0) is 14.3 Å². The van der Waals surface area contributed by atoms with Gasteiger partial charge in [0.05, 0.1) is 6.61 Å². The van der Waals surface area contributed by atoms with Crippen molar-refractivity contribution in [1.29, 1.82) is 0 Å². The van der Waals surface area contributed by atoms with E-state index in [1.807, 2.05) is 13.8 Å². The highest BCUT2D eigenvalue weighted by atomic mass is 16.6. The van der Waals surface area contributed by atoms with Crippen LogP contribution in [0.15, 0.2) is 0 Å². The lowest BCUT2D eigenvalue weighted by Crippen LogP contribution is -2.23. The standard InChI is InChI=1S/C13H27NO3/c1-5-16-10-11(2)17-12(15)6-7-13(3,4)8-9-14/h11H,5-10,14H2,1-4H3. The zero-order valence-electron chi connectivity index (χ0n) is 11.6. The maximum absolute atomic E-state index is 11.6. The van der Waals surface area contributed by atoms with Crippen LogP contribution >= 0.6 is 0 Å². The SMILES string of the molecule is CCOCC(C)OC(=O)CCC(C)(C)CCN. The highest BCUT2D eigenvalue weighted by Crippen LogP contribution is 2.26. The summed E-state index contributed by atoms with van der Waals surface area (Å²) in [6.45, 7) is 9.78. The van der Waals surface area contributed by atoms with Gasteiger partial charge in [0.15, 0.2) is 0 Å². The molecule has 17 heavy (non-hydrogen) atoms. The van der Waals surface area contributed by atoms with Crippen LogP contribution in [0, 0.1) is 5.41 Å². The Kier molecular flexibility index (Phi) is 8.17. The summed E-state index contributed by atoms with van der Waals surface area (Å²) in [4.78, 5) is 11.6. The Morgan fingerprint density at radius 1 is 1.35 bits per heavy atom. The van der Waals surface area contributed by atoms with Crippen LogP contribution in [0.3, 0.4) is 0 Å².